The zero-order valence-electron chi connectivity index (χ0n) is 12.6. The standard InChI is InChI=1S/C15H19F3N4O/c16-15(17,18)13(23)9-21-5-7-22(8-6-21)10-14-19-11-3-1-2-4-12(11)20-14/h1-4,13,23H,5-10H2,(H,19,20)/t13-/m0/s1. The smallest absolute Gasteiger partial charge is 0.382 e. The van der Waals surface area contributed by atoms with E-state index in [0.29, 0.717) is 32.7 Å². The average molecular weight is 328 g/mol. The van der Waals surface area contributed by atoms with E-state index in [9.17, 15) is 13.2 Å². The highest BCUT2D eigenvalue weighted by Crippen LogP contribution is 2.21. The molecule has 0 radical (unpaired) electrons. The van der Waals surface area contributed by atoms with Crippen LogP contribution in [0, 0.1) is 0 Å². The third-order valence-corrected chi connectivity index (χ3v) is 4.09. The minimum atomic E-state index is -4.55. The Bertz CT molecular complexity index is 616. The fourth-order valence-electron chi connectivity index (χ4n) is 2.77. The molecule has 0 spiro atoms. The summed E-state index contributed by atoms with van der Waals surface area (Å²) in [4.78, 5) is 11.6. The Kier molecular flexibility index (Phi) is 4.56. The van der Waals surface area contributed by atoms with Crippen molar-refractivity contribution in [3.05, 3.63) is 30.1 Å². The van der Waals surface area contributed by atoms with Gasteiger partial charge in [-0.1, -0.05) is 12.1 Å². The molecular formula is C15H19F3N4O. The summed E-state index contributed by atoms with van der Waals surface area (Å²) in [6.07, 6.45) is -6.82. The van der Waals surface area contributed by atoms with E-state index in [0.717, 1.165) is 16.9 Å². The number of nitrogens with zero attached hydrogens (tertiary/aromatic N) is 3. The summed E-state index contributed by atoms with van der Waals surface area (Å²) in [5, 5.41) is 9.12. The van der Waals surface area contributed by atoms with Crippen LogP contribution in [0.3, 0.4) is 0 Å². The van der Waals surface area contributed by atoms with E-state index in [1.54, 1.807) is 4.90 Å². The minimum absolute atomic E-state index is 0.359. The second-order valence-electron chi connectivity index (χ2n) is 5.83. The second kappa shape index (κ2) is 6.46. The van der Waals surface area contributed by atoms with Crippen molar-refractivity contribution in [2.45, 2.75) is 18.8 Å². The van der Waals surface area contributed by atoms with Crippen LogP contribution in [0.2, 0.25) is 0 Å². The largest absolute Gasteiger partial charge is 0.415 e. The minimum Gasteiger partial charge on any atom is -0.382 e. The number of alkyl halides is 3. The van der Waals surface area contributed by atoms with Crippen LogP contribution < -0.4 is 0 Å². The normalized spacial score (nSPS) is 19.3. The predicted octanol–water partition coefficient (Wildman–Crippen LogP) is 1.60. The predicted molar refractivity (Wildman–Crippen MR) is 79.9 cm³/mol. The van der Waals surface area contributed by atoms with E-state index < -0.39 is 12.3 Å². The summed E-state index contributed by atoms with van der Waals surface area (Å²) >= 11 is 0. The van der Waals surface area contributed by atoms with Gasteiger partial charge in [0.15, 0.2) is 6.10 Å². The molecule has 1 fully saturated rings. The number of β-amino-alcohol motifs (C(OH)–C–C–N with tert-alkyl or cyclic N) is 1. The molecule has 23 heavy (non-hydrogen) atoms. The van der Waals surface area contributed by atoms with E-state index in [1.165, 1.54) is 0 Å². The molecule has 0 saturated carbocycles. The first-order valence-electron chi connectivity index (χ1n) is 7.55. The number of aromatic nitrogens is 2. The van der Waals surface area contributed by atoms with Crippen molar-refractivity contribution >= 4 is 11.0 Å². The fourth-order valence-corrected chi connectivity index (χ4v) is 2.77. The highest BCUT2D eigenvalue weighted by molar-refractivity contribution is 5.74. The zero-order chi connectivity index (χ0) is 16.4. The topological polar surface area (TPSA) is 55.4 Å². The molecule has 1 aliphatic heterocycles. The van der Waals surface area contributed by atoms with Gasteiger partial charge in [0.2, 0.25) is 0 Å². The quantitative estimate of drug-likeness (QED) is 0.895. The number of imidazole rings is 1. The highest BCUT2D eigenvalue weighted by atomic mass is 19.4. The summed E-state index contributed by atoms with van der Waals surface area (Å²) in [5.74, 6) is 0.856. The van der Waals surface area contributed by atoms with Crippen LogP contribution in [0.1, 0.15) is 5.82 Å². The second-order valence-corrected chi connectivity index (χ2v) is 5.83. The third kappa shape index (κ3) is 4.01. The molecule has 2 heterocycles. The first-order chi connectivity index (χ1) is 10.9. The van der Waals surface area contributed by atoms with Gasteiger partial charge in [-0.3, -0.25) is 9.80 Å². The maximum atomic E-state index is 12.4. The maximum absolute atomic E-state index is 12.4. The van der Waals surface area contributed by atoms with Gasteiger partial charge >= 0.3 is 6.18 Å². The van der Waals surface area contributed by atoms with Crippen LogP contribution in [0.4, 0.5) is 13.2 Å². The summed E-state index contributed by atoms with van der Waals surface area (Å²) in [7, 11) is 0. The molecule has 8 heteroatoms. The molecule has 2 N–H and O–H groups in total. The fraction of sp³-hybridized carbons (Fsp3) is 0.533. The molecule has 1 aromatic heterocycles. The monoisotopic (exact) mass is 328 g/mol. The van der Waals surface area contributed by atoms with Crippen LogP contribution in [0.5, 0.6) is 0 Å². The van der Waals surface area contributed by atoms with Crippen molar-refractivity contribution in [2.75, 3.05) is 32.7 Å². The summed E-state index contributed by atoms with van der Waals surface area (Å²) < 4.78 is 37.1. The average Bonchev–Trinajstić information content (AvgIpc) is 2.90. The lowest BCUT2D eigenvalue weighted by molar-refractivity contribution is -0.209. The molecular weight excluding hydrogens is 309 g/mol. The number of rotatable bonds is 4. The number of halogens is 3. The molecule has 5 nitrogen and oxygen atoms in total. The SMILES string of the molecule is O[C@@H](CN1CCN(Cc2nc3ccccc3[nH]2)CC1)C(F)(F)F. The van der Waals surface area contributed by atoms with Gasteiger partial charge < -0.3 is 10.1 Å². The van der Waals surface area contributed by atoms with Crippen molar-refractivity contribution in [1.29, 1.82) is 0 Å². The van der Waals surface area contributed by atoms with Gasteiger partial charge in [0.1, 0.15) is 5.82 Å². The van der Waals surface area contributed by atoms with Gasteiger partial charge in [-0.15, -0.1) is 0 Å². The Morgan fingerprint density at radius 2 is 1.78 bits per heavy atom. The van der Waals surface area contributed by atoms with E-state index in [4.69, 9.17) is 5.11 Å². The van der Waals surface area contributed by atoms with E-state index in [1.807, 2.05) is 24.3 Å². The lowest BCUT2D eigenvalue weighted by Gasteiger charge is -2.35. The Labute approximate surface area is 131 Å². The van der Waals surface area contributed by atoms with Crippen LogP contribution in [0.15, 0.2) is 24.3 Å². The molecule has 1 aliphatic rings. The van der Waals surface area contributed by atoms with Crippen LogP contribution >= 0.6 is 0 Å². The van der Waals surface area contributed by atoms with Gasteiger partial charge in [-0.25, -0.2) is 4.98 Å². The maximum Gasteiger partial charge on any atom is 0.415 e. The third-order valence-electron chi connectivity index (χ3n) is 4.09. The molecule has 0 bridgehead atoms. The van der Waals surface area contributed by atoms with Gasteiger partial charge in [-0.05, 0) is 12.1 Å². The van der Waals surface area contributed by atoms with Crippen molar-refractivity contribution < 1.29 is 18.3 Å². The number of H-pyrrole nitrogens is 1. The Morgan fingerprint density at radius 1 is 1.13 bits per heavy atom. The number of piperazine rings is 1. The van der Waals surface area contributed by atoms with Crippen molar-refractivity contribution in [3.63, 3.8) is 0 Å². The van der Waals surface area contributed by atoms with Crippen LogP contribution in [0.25, 0.3) is 11.0 Å². The van der Waals surface area contributed by atoms with Crippen LogP contribution in [-0.4, -0.2) is 69.9 Å². The number of nitrogens with one attached hydrogen (secondary N) is 1. The van der Waals surface area contributed by atoms with E-state index >= 15 is 0 Å². The summed E-state index contributed by atoms with van der Waals surface area (Å²) in [6, 6.07) is 7.76. The molecule has 1 saturated heterocycles. The first kappa shape index (κ1) is 16.2. The number of aliphatic hydroxyl groups excluding tert-OH is 1. The molecule has 0 unspecified atom stereocenters. The number of benzene rings is 1. The van der Waals surface area contributed by atoms with Crippen molar-refractivity contribution in [2.24, 2.45) is 0 Å². The van der Waals surface area contributed by atoms with E-state index in [2.05, 4.69) is 14.9 Å². The number of hydrogen-bond acceptors (Lipinski definition) is 4. The van der Waals surface area contributed by atoms with Crippen LogP contribution in [-0.2, 0) is 6.54 Å². The number of fused-ring (bicyclic) bond motifs is 1. The van der Waals surface area contributed by atoms with Crippen molar-refractivity contribution in [1.82, 2.24) is 19.8 Å². The van der Waals surface area contributed by atoms with Gasteiger partial charge in [0.25, 0.3) is 0 Å². The van der Waals surface area contributed by atoms with Gasteiger partial charge in [-0.2, -0.15) is 13.2 Å². The number of aliphatic hydroxyl groups is 1. The summed E-state index contributed by atoms with van der Waals surface area (Å²) in [5.41, 5.74) is 1.89. The Morgan fingerprint density at radius 3 is 2.43 bits per heavy atom. The molecule has 1 atom stereocenters. The number of aromatic amines is 1. The molecule has 2 aromatic rings. The lowest BCUT2D eigenvalue weighted by Crippen LogP contribution is -2.50. The zero-order valence-corrected chi connectivity index (χ0v) is 12.6. The summed E-state index contributed by atoms with van der Waals surface area (Å²) in [6.45, 7) is 2.61. The highest BCUT2D eigenvalue weighted by Gasteiger charge is 2.39. The molecule has 3 rings (SSSR count). The van der Waals surface area contributed by atoms with Gasteiger partial charge in [0, 0.05) is 32.7 Å². The number of hydrogen-bond donors (Lipinski definition) is 2. The lowest BCUT2D eigenvalue weighted by atomic mass is 10.2. The molecule has 0 aliphatic carbocycles. The number of para-hydroxylation sites is 2. The molecule has 1 aromatic carbocycles. The van der Waals surface area contributed by atoms with E-state index in [-0.39, 0.29) is 6.54 Å². The Balaban J connectivity index is 1.51. The first-order valence-corrected chi connectivity index (χ1v) is 7.55. The molecule has 126 valence electrons. The molecule has 0 amide bonds. The van der Waals surface area contributed by atoms with Gasteiger partial charge in [0.05, 0.1) is 17.6 Å². The van der Waals surface area contributed by atoms with Crippen molar-refractivity contribution in [3.8, 4) is 0 Å². The Hall–Kier alpha value is -1.64.